The van der Waals surface area contributed by atoms with Crippen LogP contribution in [0.25, 0.3) is 11.4 Å². The van der Waals surface area contributed by atoms with Crippen LogP contribution in [0.2, 0.25) is 0 Å². The minimum atomic E-state index is 0.128. The standard InChI is InChI=1S/C17H21N5O2/c1-4-23-15-8-6-5-7-13(15)17-20-16(24-21-17)11-18-12(2)14-9-10-19-22(14)3/h5-10,12,18H,4,11H2,1-3H3/t12-/m0/s1. The van der Waals surface area contributed by atoms with Gasteiger partial charge < -0.3 is 14.6 Å². The van der Waals surface area contributed by atoms with Crippen LogP contribution in [0.1, 0.15) is 31.5 Å². The highest BCUT2D eigenvalue weighted by Crippen LogP contribution is 2.27. The Morgan fingerprint density at radius 1 is 1.29 bits per heavy atom. The van der Waals surface area contributed by atoms with Crippen molar-refractivity contribution >= 4 is 0 Å². The number of aromatic nitrogens is 4. The lowest BCUT2D eigenvalue weighted by molar-refractivity contribution is 0.340. The lowest BCUT2D eigenvalue weighted by atomic mass is 10.2. The van der Waals surface area contributed by atoms with Crippen molar-refractivity contribution in [1.82, 2.24) is 25.2 Å². The molecule has 1 atom stereocenters. The Hall–Kier alpha value is -2.67. The molecule has 1 N–H and O–H groups in total. The molecule has 2 heterocycles. The molecule has 3 aromatic rings. The Bertz CT molecular complexity index is 796. The van der Waals surface area contributed by atoms with Crippen molar-refractivity contribution in [2.45, 2.75) is 26.4 Å². The van der Waals surface area contributed by atoms with Gasteiger partial charge in [0.25, 0.3) is 0 Å². The second kappa shape index (κ2) is 7.27. The fraction of sp³-hybridized carbons (Fsp3) is 0.353. The highest BCUT2D eigenvalue weighted by atomic mass is 16.5. The van der Waals surface area contributed by atoms with E-state index in [0.717, 1.165) is 17.0 Å². The summed E-state index contributed by atoms with van der Waals surface area (Å²) in [5, 5.41) is 11.6. The fourth-order valence-corrected chi connectivity index (χ4v) is 2.52. The van der Waals surface area contributed by atoms with Gasteiger partial charge in [0.1, 0.15) is 5.75 Å². The van der Waals surface area contributed by atoms with Crippen LogP contribution in [0, 0.1) is 0 Å². The molecule has 0 aliphatic rings. The van der Waals surface area contributed by atoms with Crippen molar-refractivity contribution in [3.8, 4) is 17.1 Å². The van der Waals surface area contributed by atoms with Crippen LogP contribution >= 0.6 is 0 Å². The molecule has 24 heavy (non-hydrogen) atoms. The van der Waals surface area contributed by atoms with E-state index >= 15 is 0 Å². The van der Waals surface area contributed by atoms with Crippen molar-refractivity contribution in [2.75, 3.05) is 6.61 Å². The average molecular weight is 327 g/mol. The average Bonchev–Trinajstić information content (AvgIpc) is 3.22. The Kier molecular flexibility index (Phi) is 4.90. The molecule has 0 bridgehead atoms. The molecular weight excluding hydrogens is 306 g/mol. The summed E-state index contributed by atoms with van der Waals surface area (Å²) in [7, 11) is 1.92. The lowest BCUT2D eigenvalue weighted by Gasteiger charge is -2.12. The van der Waals surface area contributed by atoms with Gasteiger partial charge in [-0.15, -0.1) is 0 Å². The molecule has 7 heteroatoms. The van der Waals surface area contributed by atoms with E-state index in [1.165, 1.54) is 0 Å². The normalized spacial score (nSPS) is 12.3. The third kappa shape index (κ3) is 3.46. The number of nitrogens with one attached hydrogen (secondary N) is 1. The molecule has 2 aromatic heterocycles. The van der Waals surface area contributed by atoms with Crippen LogP contribution < -0.4 is 10.1 Å². The van der Waals surface area contributed by atoms with Crippen molar-refractivity contribution < 1.29 is 9.26 Å². The number of nitrogens with zero attached hydrogens (tertiary/aromatic N) is 4. The molecule has 3 rings (SSSR count). The van der Waals surface area contributed by atoms with Crippen molar-refractivity contribution in [1.29, 1.82) is 0 Å². The van der Waals surface area contributed by atoms with Crippen LogP contribution in [0.4, 0.5) is 0 Å². The third-order valence-electron chi connectivity index (χ3n) is 3.76. The van der Waals surface area contributed by atoms with Gasteiger partial charge in [-0.3, -0.25) is 4.68 Å². The maximum Gasteiger partial charge on any atom is 0.240 e. The van der Waals surface area contributed by atoms with Crippen LogP contribution in [-0.2, 0) is 13.6 Å². The predicted octanol–water partition coefficient (Wildman–Crippen LogP) is 2.72. The summed E-state index contributed by atoms with van der Waals surface area (Å²) in [5.74, 6) is 1.82. The summed E-state index contributed by atoms with van der Waals surface area (Å²) in [5.41, 5.74) is 1.92. The molecule has 126 valence electrons. The summed E-state index contributed by atoms with van der Waals surface area (Å²) in [4.78, 5) is 4.46. The minimum Gasteiger partial charge on any atom is -0.493 e. The molecule has 0 amide bonds. The van der Waals surface area contributed by atoms with E-state index in [1.807, 2.05) is 49.0 Å². The Labute approximate surface area is 140 Å². The lowest BCUT2D eigenvalue weighted by Crippen LogP contribution is -2.20. The van der Waals surface area contributed by atoms with Crippen molar-refractivity contribution in [3.05, 3.63) is 48.1 Å². The zero-order valence-electron chi connectivity index (χ0n) is 14.1. The molecule has 1 aromatic carbocycles. The second-order valence-corrected chi connectivity index (χ2v) is 5.42. The van der Waals surface area contributed by atoms with E-state index in [-0.39, 0.29) is 6.04 Å². The fourth-order valence-electron chi connectivity index (χ4n) is 2.52. The van der Waals surface area contributed by atoms with Crippen molar-refractivity contribution in [2.24, 2.45) is 7.05 Å². The van der Waals surface area contributed by atoms with Crippen LogP contribution in [-0.4, -0.2) is 26.5 Å². The zero-order valence-corrected chi connectivity index (χ0v) is 14.1. The van der Waals surface area contributed by atoms with Gasteiger partial charge in [-0.05, 0) is 32.0 Å². The number of hydrogen-bond acceptors (Lipinski definition) is 6. The molecule has 7 nitrogen and oxygen atoms in total. The van der Waals surface area contributed by atoms with Gasteiger partial charge in [0, 0.05) is 19.3 Å². The largest absolute Gasteiger partial charge is 0.493 e. The first-order chi connectivity index (χ1) is 11.7. The number of ether oxygens (including phenoxy) is 1. The van der Waals surface area contributed by atoms with Gasteiger partial charge in [-0.2, -0.15) is 10.1 Å². The van der Waals surface area contributed by atoms with E-state index in [0.29, 0.717) is 24.9 Å². The van der Waals surface area contributed by atoms with E-state index < -0.39 is 0 Å². The van der Waals surface area contributed by atoms with Crippen LogP contribution in [0.15, 0.2) is 41.1 Å². The second-order valence-electron chi connectivity index (χ2n) is 5.42. The summed E-state index contributed by atoms with van der Waals surface area (Å²) in [6, 6.07) is 9.78. The first kappa shape index (κ1) is 16.2. The van der Waals surface area contributed by atoms with Gasteiger partial charge >= 0.3 is 0 Å². The SMILES string of the molecule is CCOc1ccccc1-c1noc(CN[C@@H](C)c2ccnn2C)n1. The van der Waals surface area contributed by atoms with Crippen LogP contribution in [0.3, 0.4) is 0 Å². The third-order valence-corrected chi connectivity index (χ3v) is 3.76. The summed E-state index contributed by atoms with van der Waals surface area (Å²) in [6.07, 6.45) is 1.78. The Morgan fingerprint density at radius 2 is 2.12 bits per heavy atom. The molecule has 0 aliphatic carbocycles. The number of para-hydroxylation sites is 1. The number of hydrogen-bond donors (Lipinski definition) is 1. The minimum absolute atomic E-state index is 0.128. The van der Waals surface area contributed by atoms with Crippen molar-refractivity contribution in [3.63, 3.8) is 0 Å². The number of aryl methyl sites for hydroxylation is 1. The molecule has 0 aliphatic heterocycles. The Morgan fingerprint density at radius 3 is 2.88 bits per heavy atom. The molecule has 0 saturated heterocycles. The maximum atomic E-state index is 5.61. The first-order valence-corrected chi connectivity index (χ1v) is 7.95. The monoisotopic (exact) mass is 327 g/mol. The van der Waals surface area contributed by atoms with Gasteiger partial charge in [0.15, 0.2) is 0 Å². The molecule has 0 saturated carbocycles. The Balaban J connectivity index is 1.69. The summed E-state index contributed by atoms with van der Waals surface area (Å²) < 4.78 is 12.8. The summed E-state index contributed by atoms with van der Waals surface area (Å²) >= 11 is 0. The smallest absolute Gasteiger partial charge is 0.240 e. The quantitative estimate of drug-likeness (QED) is 0.719. The number of rotatable bonds is 7. The summed E-state index contributed by atoms with van der Waals surface area (Å²) in [6.45, 7) is 5.09. The molecule has 0 unspecified atom stereocenters. The molecule has 0 spiro atoms. The maximum absolute atomic E-state index is 5.61. The zero-order chi connectivity index (χ0) is 16.9. The van der Waals surface area contributed by atoms with Gasteiger partial charge in [-0.25, -0.2) is 0 Å². The predicted molar refractivity (Wildman–Crippen MR) is 89.4 cm³/mol. The van der Waals surface area contributed by atoms with E-state index in [1.54, 1.807) is 6.20 Å². The first-order valence-electron chi connectivity index (χ1n) is 7.95. The van der Waals surface area contributed by atoms with Gasteiger partial charge in [-0.1, -0.05) is 17.3 Å². The highest BCUT2D eigenvalue weighted by molar-refractivity contribution is 5.63. The van der Waals surface area contributed by atoms with E-state index in [9.17, 15) is 0 Å². The van der Waals surface area contributed by atoms with Crippen LogP contribution in [0.5, 0.6) is 5.75 Å². The molecular formula is C17H21N5O2. The van der Waals surface area contributed by atoms with E-state index in [4.69, 9.17) is 9.26 Å². The van der Waals surface area contributed by atoms with Gasteiger partial charge in [0.2, 0.25) is 11.7 Å². The topological polar surface area (TPSA) is 78.0 Å². The molecule has 0 fully saturated rings. The van der Waals surface area contributed by atoms with E-state index in [2.05, 4.69) is 27.5 Å². The number of benzene rings is 1. The van der Waals surface area contributed by atoms with Gasteiger partial charge in [0.05, 0.1) is 24.4 Å². The highest BCUT2D eigenvalue weighted by Gasteiger charge is 2.15. The molecule has 0 radical (unpaired) electrons.